The van der Waals surface area contributed by atoms with Crippen LogP contribution in [0, 0.1) is 0 Å². The minimum atomic E-state index is -1.54. The predicted molar refractivity (Wildman–Crippen MR) is 121 cm³/mol. The largest absolute Gasteiger partial charge is 0.508 e. The number of hydrogen-bond acceptors (Lipinski definition) is 9. The second kappa shape index (κ2) is 14.0. The Morgan fingerprint density at radius 2 is 1.41 bits per heavy atom. The SMILES string of the molecule is NC(CS)C(=O)NC(CO)C(=O)NC(Cc1ccc(O)cc1)C(=O)NC(CCC(=O)O)C(=O)O. The number of amides is 3. The van der Waals surface area contributed by atoms with Gasteiger partial charge in [0.1, 0.15) is 23.9 Å². The molecule has 1 aromatic rings. The number of nitrogens with two attached hydrogens (primary N) is 1. The van der Waals surface area contributed by atoms with Crippen LogP contribution in [0.5, 0.6) is 5.75 Å². The van der Waals surface area contributed by atoms with Gasteiger partial charge in [-0.25, -0.2) is 4.79 Å². The molecule has 0 radical (unpaired) electrons. The summed E-state index contributed by atoms with van der Waals surface area (Å²) in [7, 11) is 0. The fourth-order valence-electron chi connectivity index (χ4n) is 2.70. The maximum Gasteiger partial charge on any atom is 0.326 e. The minimum Gasteiger partial charge on any atom is -0.508 e. The molecule has 0 aliphatic heterocycles. The summed E-state index contributed by atoms with van der Waals surface area (Å²) in [5.41, 5.74) is 6.02. The van der Waals surface area contributed by atoms with Crippen molar-refractivity contribution in [3.8, 4) is 5.75 Å². The van der Waals surface area contributed by atoms with Gasteiger partial charge in [-0.1, -0.05) is 12.1 Å². The third-order valence-electron chi connectivity index (χ3n) is 4.62. The molecule has 0 heterocycles. The Labute approximate surface area is 200 Å². The van der Waals surface area contributed by atoms with E-state index in [1.165, 1.54) is 24.3 Å². The molecule has 1 aromatic carbocycles. The van der Waals surface area contributed by atoms with E-state index >= 15 is 0 Å². The number of hydrogen-bond donors (Lipinski definition) is 9. The highest BCUT2D eigenvalue weighted by Crippen LogP contribution is 2.12. The van der Waals surface area contributed by atoms with E-state index in [9.17, 15) is 39.3 Å². The number of nitrogens with one attached hydrogen (secondary N) is 3. The van der Waals surface area contributed by atoms with Gasteiger partial charge < -0.3 is 42.1 Å². The third kappa shape index (κ3) is 9.64. The van der Waals surface area contributed by atoms with Crippen molar-refractivity contribution in [3.63, 3.8) is 0 Å². The van der Waals surface area contributed by atoms with Crippen molar-refractivity contribution in [2.45, 2.75) is 43.4 Å². The molecule has 0 aromatic heterocycles. The second-order valence-corrected chi connectivity index (χ2v) is 7.66. The summed E-state index contributed by atoms with van der Waals surface area (Å²) in [5.74, 6) is -5.43. The van der Waals surface area contributed by atoms with E-state index in [4.69, 9.17) is 10.8 Å². The number of benzene rings is 1. The second-order valence-electron chi connectivity index (χ2n) is 7.30. The highest BCUT2D eigenvalue weighted by atomic mass is 32.1. The van der Waals surface area contributed by atoms with Crippen LogP contribution in [-0.4, -0.2) is 86.6 Å². The van der Waals surface area contributed by atoms with E-state index in [1.54, 1.807) is 0 Å². The van der Waals surface area contributed by atoms with Crippen LogP contribution in [0.4, 0.5) is 0 Å². The van der Waals surface area contributed by atoms with Gasteiger partial charge in [0.15, 0.2) is 0 Å². The molecule has 0 bridgehead atoms. The number of thiol groups is 1. The molecule has 4 unspecified atom stereocenters. The first-order valence-corrected chi connectivity index (χ1v) is 10.7. The van der Waals surface area contributed by atoms with Gasteiger partial charge in [0, 0.05) is 18.6 Å². The molecule has 188 valence electrons. The van der Waals surface area contributed by atoms with Crippen molar-refractivity contribution in [1.82, 2.24) is 16.0 Å². The fraction of sp³-hybridized carbons (Fsp3) is 0.450. The molecule has 0 saturated heterocycles. The van der Waals surface area contributed by atoms with Gasteiger partial charge in [-0.05, 0) is 24.1 Å². The summed E-state index contributed by atoms with van der Waals surface area (Å²) in [4.78, 5) is 59.6. The summed E-state index contributed by atoms with van der Waals surface area (Å²) >= 11 is 3.88. The monoisotopic (exact) mass is 500 g/mol. The van der Waals surface area contributed by atoms with E-state index < -0.39 is 73.3 Å². The van der Waals surface area contributed by atoms with Crippen molar-refractivity contribution >= 4 is 42.3 Å². The Balaban J connectivity index is 3.06. The number of aliphatic hydroxyl groups is 1. The molecule has 0 saturated carbocycles. The van der Waals surface area contributed by atoms with Crippen molar-refractivity contribution in [2.75, 3.05) is 12.4 Å². The van der Waals surface area contributed by atoms with Crippen LogP contribution < -0.4 is 21.7 Å². The van der Waals surface area contributed by atoms with Crippen molar-refractivity contribution in [1.29, 1.82) is 0 Å². The van der Waals surface area contributed by atoms with Crippen LogP contribution in [0.3, 0.4) is 0 Å². The quantitative estimate of drug-likeness (QED) is 0.123. The molecule has 9 N–H and O–H groups in total. The van der Waals surface area contributed by atoms with Gasteiger partial charge in [0.25, 0.3) is 0 Å². The van der Waals surface area contributed by atoms with E-state index in [2.05, 4.69) is 28.6 Å². The summed E-state index contributed by atoms with van der Waals surface area (Å²) in [6.07, 6.45) is -1.06. The number of carboxylic acids is 2. The molecule has 0 spiro atoms. The molecule has 0 aliphatic carbocycles. The molecular weight excluding hydrogens is 472 g/mol. The molecule has 1 rings (SSSR count). The first-order chi connectivity index (χ1) is 16.0. The first-order valence-electron chi connectivity index (χ1n) is 10.1. The molecular formula is C20H28N4O9S. The zero-order chi connectivity index (χ0) is 25.8. The van der Waals surface area contributed by atoms with Crippen molar-refractivity contribution < 1.29 is 44.4 Å². The summed E-state index contributed by atoms with van der Waals surface area (Å²) in [6, 6.07) is 0.208. The molecule has 0 fully saturated rings. The number of carboxylic acid groups (broad SMARTS) is 2. The highest BCUT2D eigenvalue weighted by molar-refractivity contribution is 7.80. The Hall–Kier alpha value is -3.36. The molecule has 4 atom stereocenters. The molecule has 13 nitrogen and oxygen atoms in total. The Morgan fingerprint density at radius 3 is 1.91 bits per heavy atom. The van der Waals surface area contributed by atoms with E-state index in [0.717, 1.165) is 0 Å². The van der Waals surface area contributed by atoms with Gasteiger partial charge in [0.2, 0.25) is 17.7 Å². The average molecular weight is 501 g/mol. The predicted octanol–water partition coefficient (Wildman–Crippen LogP) is -2.41. The summed E-state index contributed by atoms with van der Waals surface area (Å²) in [6.45, 7) is -0.819. The normalized spacial score (nSPS) is 14.2. The molecule has 3 amide bonds. The lowest BCUT2D eigenvalue weighted by atomic mass is 10.0. The van der Waals surface area contributed by atoms with Gasteiger partial charge in [0.05, 0.1) is 12.6 Å². The number of aliphatic hydroxyl groups excluding tert-OH is 1. The van der Waals surface area contributed by atoms with Gasteiger partial charge in [-0.2, -0.15) is 12.6 Å². The molecule has 14 heteroatoms. The third-order valence-corrected chi connectivity index (χ3v) is 5.01. The van der Waals surface area contributed by atoms with Crippen molar-refractivity contribution in [3.05, 3.63) is 29.8 Å². The van der Waals surface area contributed by atoms with Gasteiger partial charge in [-0.3, -0.25) is 19.2 Å². The Morgan fingerprint density at radius 1 is 0.882 bits per heavy atom. The van der Waals surface area contributed by atoms with Crippen LogP contribution in [0.15, 0.2) is 24.3 Å². The van der Waals surface area contributed by atoms with E-state index in [0.29, 0.717) is 5.56 Å². The minimum absolute atomic E-state index is 0.0234. The lowest BCUT2D eigenvalue weighted by Crippen LogP contribution is -2.58. The number of phenols is 1. The number of carbonyl (C=O) groups excluding carboxylic acids is 3. The maximum absolute atomic E-state index is 12.8. The maximum atomic E-state index is 12.8. The zero-order valence-electron chi connectivity index (χ0n) is 18.0. The number of carbonyl (C=O) groups is 5. The average Bonchev–Trinajstić information content (AvgIpc) is 2.79. The summed E-state index contributed by atoms with van der Waals surface area (Å²) in [5, 5.41) is 43.8. The van der Waals surface area contributed by atoms with Gasteiger partial charge >= 0.3 is 11.9 Å². The van der Waals surface area contributed by atoms with Crippen molar-refractivity contribution in [2.24, 2.45) is 5.73 Å². The van der Waals surface area contributed by atoms with E-state index in [1.807, 2.05) is 0 Å². The first kappa shape index (κ1) is 28.7. The standard InChI is InChI=1S/C20H28N4O9S/c21-12(9-34)17(29)24-15(8-25)19(31)23-14(7-10-1-3-11(26)4-2-10)18(30)22-13(20(32)33)5-6-16(27)28/h1-4,12-15,25-26,34H,5-9,21H2,(H,22,30)(H,23,31)(H,24,29)(H,27,28)(H,32,33). The number of aromatic hydroxyl groups is 1. The highest BCUT2D eigenvalue weighted by Gasteiger charge is 2.30. The number of rotatable bonds is 14. The number of phenolic OH excluding ortho intramolecular Hbond substituents is 1. The van der Waals surface area contributed by atoms with E-state index in [-0.39, 0.29) is 17.9 Å². The Bertz CT molecular complexity index is 881. The van der Waals surface area contributed by atoms with Crippen LogP contribution in [0.1, 0.15) is 18.4 Å². The fourth-order valence-corrected chi connectivity index (χ4v) is 2.87. The molecule has 0 aliphatic rings. The van der Waals surface area contributed by atoms with Crippen LogP contribution in [-0.2, 0) is 30.4 Å². The Kier molecular flexibility index (Phi) is 11.8. The molecule has 34 heavy (non-hydrogen) atoms. The van der Waals surface area contributed by atoms with Crippen LogP contribution in [0.25, 0.3) is 0 Å². The van der Waals surface area contributed by atoms with Crippen LogP contribution >= 0.6 is 12.6 Å². The summed E-state index contributed by atoms with van der Waals surface area (Å²) < 4.78 is 0. The topological polar surface area (TPSA) is 228 Å². The number of aliphatic carboxylic acids is 2. The van der Waals surface area contributed by atoms with Crippen LogP contribution in [0.2, 0.25) is 0 Å². The smallest absolute Gasteiger partial charge is 0.326 e. The lowest BCUT2D eigenvalue weighted by molar-refractivity contribution is -0.143. The zero-order valence-corrected chi connectivity index (χ0v) is 18.9. The van der Waals surface area contributed by atoms with Gasteiger partial charge in [-0.15, -0.1) is 0 Å². The lowest BCUT2D eigenvalue weighted by Gasteiger charge is -2.24.